The van der Waals surface area contributed by atoms with Gasteiger partial charge in [0.15, 0.2) is 5.78 Å². The molecule has 0 atom stereocenters. The van der Waals surface area contributed by atoms with Crippen molar-refractivity contribution >= 4 is 5.78 Å². The Kier molecular flexibility index (Phi) is 5.05. The van der Waals surface area contributed by atoms with Gasteiger partial charge in [-0.25, -0.2) is 0 Å². The normalized spacial score (nSPS) is 10.6. The summed E-state index contributed by atoms with van der Waals surface area (Å²) in [4.78, 5) is 11.7. The van der Waals surface area contributed by atoms with Gasteiger partial charge in [-0.2, -0.15) is 0 Å². The van der Waals surface area contributed by atoms with Crippen molar-refractivity contribution in [3.8, 4) is 0 Å². The summed E-state index contributed by atoms with van der Waals surface area (Å²) in [5.74, 6) is 0.237. The molecule has 0 heterocycles. The van der Waals surface area contributed by atoms with Crippen molar-refractivity contribution in [1.82, 2.24) is 5.32 Å². The number of Topliss-reactive ketones (excluding diaryl/α,β-unsaturated/α-hetero) is 1. The number of hydrogen-bond acceptors (Lipinski definition) is 2. The summed E-state index contributed by atoms with van der Waals surface area (Å²) in [7, 11) is 0. The third-order valence-corrected chi connectivity index (χ3v) is 2.23. The molecule has 1 N–H and O–H groups in total. The van der Waals surface area contributed by atoms with Gasteiger partial charge in [-0.05, 0) is 13.0 Å². The Balaban J connectivity index is 2.25. The number of nitrogens with one attached hydrogen (secondary N) is 1. The smallest absolute Gasteiger partial charge is 0.162 e. The average molecular weight is 205 g/mol. The Morgan fingerprint density at radius 1 is 1.27 bits per heavy atom. The summed E-state index contributed by atoms with van der Waals surface area (Å²) in [6.45, 7) is 5.13. The molecule has 1 aromatic rings. The SMILES string of the molecule is CC(C)NCCCC(=O)c1ccccc1. The lowest BCUT2D eigenvalue weighted by Crippen LogP contribution is -2.24. The zero-order valence-electron chi connectivity index (χ0n) is 9.49. The summed E-state index contributed by atoms with van der Waals surface area (Å²) < 4.78 is 0. The van der Waals surface area contributed by atoms with Gasteiger partial charge in [0, 0.05) is 18.0 Å². The Bertz CT molecular complexity index is 293. The van der Waals surface area contributed by atoms with Crippen LogP contribution in [0, 0.1) is 0 Å². The molecule has 0 amide bonds. The van der Waals surface area contributed by atoms with Crippen LogP contribution in [0.25, 0.3) is 0 Å². The molecule has 82 valence electrons. The Morgan fingerprint density at radius 3 is 2.53 bits per heavy atom. The second kappa shape index (κ2) is 6.36. The average Bonchev–Trinajstić information content (AvgIpc) is 2.25. The molecule has 0 bridgehead atoms. The van der Waals surface area contributed by atoms with E-state index in [9.17, 15) is 4.79 Å². The summed E-state index contributed by atoms with van der Waals surface area (Å²) in [6.07, 6.45) is 1.54. The molecule has 0 fully saturated rings. The van der Waals surface area contributed by atoms with Crippen molar-refractivity contribution in [2.75, 3.05) is 6.54 Å². The lowest BCUT2D eigenvalue weighted by atomic mass is 10.1. The van der Waals surface area contributed by atoms with Crippen LogP contribution in [-0.2, 0) is 0 Å². The molecule has 2 heteroatoms. The van der Waals surface area contributed by atoms with Crippen molar-refractivity contribution in [2.24, 2.45) is 0 Å². The van der Waals surface area contributed by atoms with Crippen LogP contribution in [0.2, 0.25) is 0 Å². The van der Waals surface area contributed by atoms with E-state index in [1.165, 1.54) is 0 Å². The lowest BCUT2D eigenvalue weighted by molar-refractivity contribution is 0.0980. The first kappa shape index (κ1) is 11.9. The predicted octanol–water partition coefficient (Wildman–Crippen LogP) is 2.65. The molecule has 1 aromatic carbocycles. The first-order valence-corrected chi connectivity index (χ1v) is 5.52. The summed E-state index contributed by atoms with van der Waals surface area (Å²) in [5, 5.41) is 3.30. The van der Waals surface area contributed by atoms with Gasteiger partial charge in [0.2, 0.25) is 0 Å². The molecule has 0 aromatic heterocycles. The molecular weight excluding hydrogens is 186 g/mol. The summed E-state index contributed by atoms with van der Waals surface area (Å²) in [6, 6.07) is 9.98. The number of rotatable bonds is 6. The minimum Gasteiger partial charge on any atom is -0.315 e. The topological polar surface area (TPSA) is 29.1 Å². The number of carbonyl (C=O) groups excluding carboxylic acids is 1. The molecule has 15 heavy (non-hydrogen) atoms. The minimum atomic E-state index is 0.237. The van der Waals surface area contributed by atoms with Crippen LogP contribution < -0.4 is 5.32 Å². The molecule has 0 unspecified atom stereocenters. The first-order chi connectivity index (χ1) is 7.20. The van der Waals surface area contributed by atoms with Crippen LogP contribution in [-0.4, -0.2) is 18.4 Å². The first-order valence-electron chi connectivity index (χ1n) is 5.52. The lowest BCUT2D eigenvalue weighted by Gasteiger charge is -2.06. The Morgan fingerprint density at radius 2 is 1.93 bits per heavy atom. The van der Waals surface area contributed by atoms with E-state index in [2.05, 4.69) is 19.2 Å². The molecule has 0 saturated carbocycles. The number of benzene rings is 1. The third kappa shape index (κ3) is 4.75. The molecule has 0 aliphatic carbocycles. The van der Waals surface area contributed by atoms with E-state index in [-0.39, 0.29) is 5.78 Å². The maximum Gasteiger partial charge on any atom is 0.162 e. The van der Waals surface area contributed by atoms with E-state index in [0.29, 0.717) is 12.5 Å². The van der Waals surface area contributed by atoms with Gasteiger partial charge in [-0.3, -0.25) is 4.79 Å². The van der Waals surface area contributed by atoms with E-state index in [1.807, 2.05) is 30.3 Å². The Labute approximate surface area is 91.7 Å². The maximum atomic E-state index is 11.7. The van der Waals surface area contributed by atoms with E-state index < -0.39 is 0 Å². The third-order valence-electron chi connectivity index (χ3n) is 2.23. The van der Waals surface area contributed by atoms with Crippen molar-refractivity contribution in [2.45, 2.75) is 32.7 Å². The van der Waals surface area contributed by atoms with Crippen LogP contribution in [0.5, 0.6) is 0 Å². The zero-order valence-corrected chi connectivity index (χ0v) is 9.49. The summed E-state index contributed by atoms with van der Waals surface area (Å²) >= 11 is 0. The molecule has 0 spiro atoms. The van der Waals surface area contributed by atoms with Crippen LogP contribution in [0.1, 0.15) is 37.0 Å². The fourth-order valence-electron chi connectivity index (χ4n) is 1.41. The number of hydrogen-bond donors (Lipinski definition) is 1. The molecule has 2 nitrogen and oxygen atoms in total. The van der Waals surface area contributed by atoms with Gasteiger partial charge in [-0.1, -0.05) is 44.2 Å². The highest BCUT2D eigenvalue weighted by Gasteiger charge is 2.03. The highest BCUT2D eigenvalue weighted by atomic mass is 16.1. The standard InChI is InChI=1S/C13H19NO/c1-11(2)14-10-6-9-13(15)12-7-4-3-5-8-12/h3-5,7-8,11,14H,6,9-10H2,1-2H3. The molecule has 0 aliphatic heterocycles. The highest BCUT2D eigenvalue weighted by Crippen LogP contribution is 2.04. The minimum absolute atomic E-state index is 0.237. The van der Waals surface area contributed by atoms with E-state index in [0.717, 1.165) is 18.5 Å². The molecule has 1 rings (SSSR count). The Hall–Kier alpha value is -1.15. The fraction of sp³-hybridized carbons (Fsp3) is 0.462. The fourth-order valence-corrected chi connectivity index (χ4v) is 1.41. The quantitative estimate of drug-likeness (QED) is 0.571. The molecular formula is C13H19NO. The molecule has 0 radical (unpaired) electrons. The van der Waals surface area contributed by atoms with Gasteiger partial charge in [0.1, 0.15) is 0 Å². The second-order valence-electron chi connectivity index (χ2n) is 4.00. The predicted molar refractivity (Wildman–Crippen MR) is 63.1 cm³/mol. The highest BCUT2D eigenvalue weighted by molar-refractivity contribution is 5.95. The van der Waals surface area contributed by atoms with E-state index in [1.54, 1.807) is 0 Å². The number of ketones is 1. The zero-order chi connectivity index (χ0) is 11.1. The molecule has 0 saturated heterocycles. The van der Waals surface area contributed by atoms with Gasteiger partial charge in [-0.15, -0.1) is 0 Å². The van der Waals surface area contributed by atoms with Gasteiger partial charge in [0.05, 0.1) is 0 Å². The van der Waals surface area contributed by atoms with E-state index >= 15 is 0 Å². The van der Waals surface area contributed by atoms with Crippen molar-refractivity contribution < 1.29 is 4.79 Å². The monoisotopic (exact) mass is 205 g/mol. The van der Waals surface area contributed by atoms with Crippen molar-refractivity contribution in [1.29, 1.82) is 0 Å². The van der Waals surface area contributed by atoms with Crippen LogP contribution in [0.15, 0.2) is 30.3 Å². The number of carbonyl (C=O) groups is 1. The van der Waals surface area contributed by atoms with Crippen LogP contribution in [0.4, 0.5) is 0 Å². The van der Waals surface area contributed by atoms with Gasteiger partial charge >= 0.3 is 0 Å². The maximum absolute atomic E-state index is 11.7. The van der Waals surface area contributed by atoms with E-state index in [4.69, 9.17) is 0 Å². The summed E-state index contributed by atoms with van der Waals surface area (Å²) in [5.41, 5.74) is 0.821. The second-order valence-corrected chi connectivity index (χ2v) is 4.00. The van der Waals surface area contributed by atoms with Crippen LogP contribution >= 0.6 is 0 Å². The van der Waals surface area contributed by atoms with Gasteiger partial charge in [0.25, 0.3) is 0 Å². The molecule has 0 aliphatic rings. The van der Waals surface area contributed by atoms with Crippen molar-refractivity contribution in [3.63, 3.8) is 0 Å². The van der Waals surface area contributed by atoms with Crippen molar-refractivity contribution in [3.05, 3.63) is 35.9 Å². The largest absolute Gasteiger partial charge is 0.315 e. The van der Waals surface area contributed by atoms with Gasteiger partial charge < -0.3 is 5.32 Å². The van der Waals surface area contributed by atoms with Crippen LogP contribution in [0.3, 0.4) is 0 Å².